The van der Waals surface area contributed by atoms with Gasteiger partial charge in [0.25, 0.3) is 0 Å². The first-order chi connectivity index (χ1) is 12.7. The van der Waals surface area contributed by atoms with Gasteiger partial charge in [-0.3, -0.25) is 9.58 Å². The number of hydrogen-bond donors (Lipinski definition) is 0. The molecule has 0 aromatic carbocycles. The number of anilines is 1. The van der Waals surface area contributed by atoms with Crippen LogP contribution in [0, 0.1) is 0 Å². The molecule has 4 heterocycles. The van der Waals surface area contributed by atoms with E-state index in [0.717, 1.165) is 64.0 Å². The number of methoxy groups -OCH3 is 1. The summed E-state index contributed by atoms with van der Waals surface area (Å²) in [5.74, 6) is 0.658. The van der Waals surface area contributed by atoms with E-state index in [-0.39, 0.29) is 5.97 Å². The maximum atomic E-state index is 11.7. The first-order valence-electron chi connectivity index (χ1n) is 8.88. The van der Waals surface area contributed by atoms with Crippen molar-refractivity contribution in [2.75, 3.05) is 44.9 Å². The smallest absolute Gasteiger partial charge is 0.358 e. The van der Waals surface area contributed by atoms with Crippen molar-refractivity contribution < 1.29 is 14.3 Å². The zero-order chi connectivity index (χ0) is 17.9. The van der Waals surface area contributed by atoms with Crippen molar-refractivity contribution in [2.24, 2.45) is 0 Å². The Kier molecular flexibility index (Phi) is 4.85. The average molecular weight is 357 g/mol. The summed E-state index contributed by atoms with van der Waals surface area (Å²) in [6.45, 7) is 6.45. The Bertz CT molecular complexity index is 785. The van der Waals surface area contributed by atoms with Gasteiger partial charge in [-0.15, -0.1) is 0 Å². The van der Waals surface area contributed by atoms with Gasteiger partial charge in [0.05, 0.1) is 32.6 Å². The molecule has 138 valence electrons. The van der Waals surface area contributed by atoms with E-state index in [4.69, 9.17) is 9.47 Å². The molecule has 0 saturated carbocycles. The maximum Gasteiger partial charge on any atom is 0.358 e. The Hall–Kier alpha value is -2.45. The second-order valence-corrected chi connectivity index (χ2v) is 6.53. The predicted octanol–water partition coefficient (Wildman–Crippen LogP) is 0.917. The van der Waals surface area contributed by atoms with E-state index in [0.29, 0.717) is 5.69 Å². The number of fused-ring (bicyclic) bond motifs is 1. The monoisotopic (exact) mass is 357 g/mol. The van der Waals surface area contributed by atoms with Crippen LogP contribution in [0.1, 0.15) is 21.7 Å². The molecule has 0 radical (unpaired) electrons. The Morgan fingerprint density at radius 3 is 2.92 bits per heavy atom. The average Bonchev–Trinajstić information content (AvgIpc) is 3.12. The number of hydrogen-bond acceptors (Lipinski definition) is 7. The third-order valence-corrected chi connectivity index (χ3v) is 4.84. The molecule has 0 atom stereocenters. The van der Waals surface area contributed by atoms with E-state index < -0.39 is 0 Å². The summed E-state index contributed by atoms with van der Waals surface area (Å²) >= 11 is 0. The Morgan fingerprint density at radius 2 is 2.12 bits per heavy atom. The fourth-order valence-corrected chi connectivity index (χ4v) is 3.51. The van der Waals surface area contributed by atoms with Gasteiger partial charge in [0.2, 0.25) is 0 Å². The number of esters is 1. The minimum atomic E-state index is -0.389. The number of carbonyl (C=O) groups excluding carboxylic acids is 1. The number of pyridine rings is 1. The topological polar surface area (TPSA) is 72.7 Å². The van der Waals surface area contributed by atoms with Crippen molar-refractivity contribution in [1.29, 1.82) is 0 Å². The summed E-state index contributed by atoms with van der Waals surface area (Å²) in [6, 6.07) is 5.95. The molecule has 2 aromatic heterocycles. The quantitative estimate of drug-likeness (QED) is 0.753. The summed E-state index contributed by atoms with van der Waals surface area (Å²) in [7, 11) is 1.38. The van der Waals surface area contributed by atoms with Crippen LogP contribution in [0.4, 0.5) is 5.82 Å². The van der Waals surface area contributed by atoms with Crippen LogP contribution < -0.4 is 4.90 Å². The van der Waals surface area contributed by atoms with Gasteiger partial charge >= 0.3 is 5.97 Å². The van der Waals surface area contributed by atoms with E-state index >= 15 is 0 Å². The normalized spacial score (nSPS) is 17.8. The summed E-state index contributed by atoms with van der Waals surface area (Å²) in [5.41, 5.74) is 2.63. The lowest BCUT2D eigenvalue weighted by molar-refractivity contribution is 0.0593. The molecule has 1 saturated heterocycles. The van der Waals surface area contributed by atoms with Crippen LogP contribution in [0.5, 0.6) is 0 Å². The number of rotatable bonds is 4. The molecule has 4 rings (SSSR count). The van der Waals surface area contributed by atoms with Crippen LogP contribution in [-0.4, -0.2) is 65.6 Å². The number of aromatic nitrogens is 3. The lowest BCUT2D eigenvalue weighted by Crippen LogP contribution is -2.38. The first kappa shape index (κ1) is 17.0. The molecule has 8 nitrogen and oxygen atoms in total. The minimum absolute atomic E-state index is 0.375. The lowest BCUT2D eigenvalue weighted by atomic mass is 10.2. The Balaban J connectivity index is 1.49. The van der Waals surface area contributed by atoms with E-state index in [9.17, 15) is 4.79 Å². The van der Waals surface area contributed by atoms with E-state index in [1.165, 1.54) is 12.7 Å². The molecule has 0 amide bonds. The molecule has 2 aliphatic heterocycles. The lowest BCUT2D eigenvalue weighted by Gasteiger charge is -2.32. The van der Waals surface area contributed by atoms with Crippen molar-refractivity contribution in [2.45, 2.75) is 19.6 Å². The van der Waals surface area contributed by atoms with Gasteiger partial charge < -0.3 is 14.4 Å². The third kappa shape index (κ3) is 3.42. The van der Waals surface area contributed by atoms with Crippen molar-refractivity contribution in [3.8, 4) is 0 Å². The van der Waals surface area contributed by atoms with Crippen molar-refractivity contribution in [1.82, 2.24) is 19.7 Å². The molecule has 2 aromatic rings. The SMILES string of the molecule is COC(=O)c1cc2n(n1)CCN(Cc1cccnc1N1CCOCC1)C2. The second-order valence-electron chi connectivity index (χ2n) is 6.53. The van der Waals surface area contributed by atoms with Gasteiger partial charge in [0.15, 0.2) is 5.69 Å². The highest BCUT2D eigenvalue weighted by Crippen LogP contribution is 2.23. The van der Waals surface area contributed by atoms with E-state index in [1.807, 2.05) is 23.0 Å². The summed E-state index contributed by atoms with van der Waals surface area (Å²) in [6.07, 6.45) is 1.85. The molecule has 26 heavy (non-hydrogen) atoms. The molecule has 0 aliphatic carbocycles. The van der Waals surface area contributed by atoms with E-state index in [2.05, 4.69) is 25.9 Å². The van der Waals surface area contributed by atoms with Crippen molar-refractivity contribution in [3.05, 3.63) is 41.3 Å². The highest BCUT2D eigenvalue weighted by atomic mass is 16.5. The minimum Gasteiger partial charge on any atom is -0.464 e. The Morgan fingerprint density at radius 1 is 1.27 bits per heavy atom. The van der Waals surface area contributed by atoms with Gasteiger partial charge in [0.1, 0.15) is 5.82 Å². The molecule has 8 heteroatoms. The number of ether oxygens (including phenoxy) is 2. The molecule has 0 N–H and O–H groups in total. The maximum absolute atomic E-state index is 11.7. The fraction of sp³-hybridized carbons (Fsp3) is 0.500. The van der Waals surface area contributed by atoms with Crippen molar-refractivity contribution >= 4 is 11.8 Å². The standard InChI is InChI=1S/C18H23N5O3/c1-25-18(24)16-11-15-13-21(5-6-23(15)20-16)12-14-3-2-4-19-17(14)22-7-9-26-10-8-22/h2-4,11H,5-10,12-13H2,1H3. The number of carbonyl (C=O) groups is 1. The summed E-state index contributed by atoms with van der Waals surface area (Å²) in [4.78, 5) is 21.0. The first-order valence-corrected chi connectivity index (χ1v) is 8.88. The summed E-state index contributed by atoms with van der Waals surface area (Å²) in [5, 5.41) is 4.34. The van der Waals surface area contributed by atoms with Gasteiger partial charge in [-0.25, -0.2) is 9.78 Å². The van der Waals surface area contributed by atoms with Gasteiger partial charge in [-0.2, -0.15) is 5.10 Å². The second kappa shape index (κ2) is 7.43. The van der Waals surface area contributed by atoms with E-state index in [1.54, 1.807) is 0 Å². The molecule has 0 bridgehead atoms. The van der Waals surface area contributed by atoms with Crippen LogP contribution in [0.3, 0.4) is 0 Å². The zero-order valence-corrected chi connectivity index (χ0v) is 14.9. The van der Waals surface area contributed by atoms with Crippen LogP contribution in [0.2, 0.25) is 0 Å². The summed E-state index contributed by atoms with van der Waals surface area (Å²) < 4.78 is 12.1. The van der Waals surface area contributed by atoms with Crippen LogP contribution in [0.15, 0.2) is 24.4 Å². The molecule has 2 aliphatic rings. The Labute approximate surface area is 152 Å². The van der Waals surface area contributed by atoms with Gasteiger partial charge in [-0.05, 0) is 12.1 Å². The fourth-order valence-electron chi connectivity index (χ4n) is 3.51. The van der Waals surface area contributed by atoms with Crippen molar-refractivity contribution in [3.63, 3.8) is 0 Å². The van der Waals surface area contributed by atoms with Gasteiger partial charge in [0, 0.05) is 44.5 Å². The molecular formula is C18H23N5O3. The number of morpholine rings is 1. The zero-order valence-electron chi connectivity index (χ0n) is 14.9. The molecule has 1 fully saturated rings. The largest absolute Gasteiger partial charge is 0.464 e. The number of nitrogens with zero attached hydrogens (tertiary/aromatic N) is 5. The predicted molar refractivity (Wildman–Crippen MR) is 94.9 cm³/mol. The van der Waals surface area contributed by atoms with Crippen LogP contribution >= 0.6 is 0 Å². The highest BCUT2D eigenvalue weighted by Gasteiger charge is 2.23. The van der Waals surface area contributed by atoms with Crippen LogP contribution in [-0.2, 0) is 29.1 Å². The van der Waals surface area contributed by atoms with Gasteiger partial charge in [-0.1, -0.05) is 6.07 Å². The molecule has 0 unspecified atom stereocenters. The van der Waals surface area contributed by atoms with Crippen LogP contribution in [0.25, 0.3) is 0 Å². The molecular weight excluding hydrogens is 334 g/mol. The molecule has 0 spiro atoms. The third-order valence-electron chi connectivity index (χ3n) is 4.84. The highest BCUT2D eigenvalue weighted by molar-refractivity contribution is 5.87.